The summed E-state index contributed by atoms with van der Waals surface area (Å²) in [5, 5.41) is 1.09. The van der Waals surface area contributed by atoms with Crippen LogP contribution in [0.1, 0.15) is 38.5 Å². The van der Waals surface area contributed by atoms with Gasteiger partial charge in [-0.1, -0.05) is 25.7 Å². The topological polar surface area (TPSA) is 25.8 Å². The average molecular weight is 268 g/mol. The van der Waals surface area contributed by atoms with Gasteiger partial charge in [-0.15, -0.1) is 11.8 Å². The van der Waals surface area contributed by atoms with E-state index in [-0.39, 0.29) is 0 Å². The number of thiol groups is 1. The maximum absolute atomic E-state index is 4.60. The third-order valence-electron chi connectivity index (χ3n) is 3.58. The highest BCUT2D eigenvalue weighted by Gasteiger charge is 2.29. The molecule has 94 valence electrons. The Hall–Kier alpha value is -0.220. The fourth-order valence-corrected chi connectivity index (χ4v) is 4.12. The number of hydrogen-bond donors (Lipinski definition) is 1. The molecule has 1 fully saturated rings. The van der Waals surface area contributed by atoms with Crippen LogP contribution in [0.5, 0.6) is 0 Å². The third kappa shape index (κ3) is 3.88. The first kappa shape index (κ1) is 13.2. The number of rotatable bonds is 4. The van der Waals surface area contributed by atoms with Crippen molar-refractivity contribution in [2.24, 2.45) is 5.41 Å². The van der Waals surface area contributed by atoms with Gasteiger partial charge in [0.25, 0.3) is 0 Å². The van der Waals surface area contributed by atoms with Crippen molar-refractivity contribution in [1.82, 2.24) is 9.97 Å². The number of hydrogen-bond acceptors (Lipinski definition) is 4. The highest BCUT2D eigenvalue weighted by Crippen LogP contribution is 2.40. The second kappa shape index (κ2) is 6.64. The largest absolute Gasteiger partial charge is 0.245 e. The van der Waals surface area contributed by atoms with Crippen LogP contribution in [0, 0.1) is 5.41 Å². The molecule has 17 heavy (non-hydrogen) atoms. The van der Waals surface area contributed by atoms with Gasteiger partial charge in [0.15, 0.2) is 0 Å². The van der Waals surface area contributed by atoms with E-state index in [1.807, 2.05) is 24.0 Å². The van der Waals surface area contributed by atoms with E-state index in [4.69, 9.17) is 0 Å². The summed E-state index contributed by atoms with van der Waals surface area (Å²) in [4.78, 5) is 8.23. The molecule has 1 aromatic rings. The van der Waals surface area contributed by atoms with Gasteiger partial charge in [-0.2, -0.15) is 12.6 Å². The zero-order valence-corrected chi connectivity index (χ0v) is 11.8. The van der Waals surface area contributed by atoms with Crippen LogP contribution < -0.4 is 0 Å². The SMILES string of the molecule is SCC1(CSc2ccncn2)CCCCCC1. The molecule has 1 heterocycles. The van der Waals surface area contributed by atoms with Crippen LogP contribution in [0.25, 0.3) is 0 Å². The van der Waals surface area contributed by atoms with Crippen LogP contribution in [0.3, 0.4) is 0 Å². The standard InChI is InChI=1S/C13H20N2S2/c16-9-13(6-3-1-2-4-7-13)10-17-12-5-8-14-11-15-12/h5,8,11,16H,1-4,6-7,9-10H2. The normalized spacial score (nSPS) is 19.8. The van der Waals surface area contributed by atoms with Gasteiger partial charge in [0.1, 0.15) is 6.33 Å². The van der Waals surface area contributed by atoms with Crippen molar-refractivity contribution < 1.29 is 0 Å². The smallest absolute Gasteiger partial charge is 0.116 e. The first-order valence-electron chi connectivity index (χ1n) is 6.34. The fourth-order valence-electron chi connectivity index (χ4n) is 2.42. The molecule has 1 aliphatic rings. The van der Waals surface area contributed by atoms with Gasteiger partial charge in [-0.25, -0.2) is 9.97 Å². The summed E-state index contributed by atoms with van der Waals surface area (Å²) in [5.41, 5.74) is 0.426. The minimum atomic E-state index is 0.426. The van der Waals surface area contributed by atoms with Gasteiger partial charge in [0.2, 0.25) is 0 Å². The van der Waals surface area contributed by atoms with Gasteiger partial charge in [-0.3, -0.25) is 0 Å². The summed E-state index contributed by atoms with van der Waals surface area (Å²) in [6.45, 7) is 0. The van der Waals surface area contributed by atoms with Crippen LogP contribution in [0.2, 0.25) is 0 Å². The van der Waals surface area contributed by atoms with Gasteiger partial charge in [0.05, 0.1) is 5.03 Å². The molecule has 0 atom stereocenters. The molecule has 0 unspecified atom stereocenters. The second-order valence-electron chi connectivity index (χ2n) is 4.91. The molecule has 1 saturated carbocycles. The van der Waals surface area contributed by atoms with E-state index in [2.05, 4.69) is 22.6 Å². The van der Waals surface area contributed by atoms with Crippen LogP contribution in [0.4, 0.5) is 0 Å². The second-order valence-corrected chi connectivity index (χ2v) is 6.22. The number of aromatic nitrogens is 2. The monoisotopic (exact) mass is 268 g/mol. The summed E-state index contributed by atoms with van der Waals surface area (Å²) >= 11 is 6.46. The molecule has 2 nitrogen and oxygen atoms in total. The van der Waals surface area contributed by atoms with Crippen molar-refractivity contribution in [2.75, 3.05) is 11.5 Å². The molecule has 0 saturated heterocycles. The van der Waals surface area contributed by atoms with Gasteiger partial charge >= 0.3 is 0 Å². The highest BCUT2D eigenvalue weighted by atomic mass is 32.2. The lowest BCUT2D eigenvalue weighted by molar-refractivity contribution is 0.332. The lowest BCUT2D eigenvalue weighted by atomic mass is 9.84. The van der Waals surface area contributed by atoms with E-state index in [1.165, 1.54) is 38.5 Å². The Kier molecular flexibility index (Phi) is 5.16. The summed E-state index contributed by atoms with van der Waals surface area (Å²) in [5.74, 6) is 2.15. The zero-order chi connectivity index (χ0) is 12.0. The molecular weight excluding hydrogens is 248 g/mol. The summed E-state index contributed by atoms with van der Waals surface area (Å²) in [6, 6.07) is 1.99. The highest BCUT2D eigenvalue weighted by molar-refractivity contribution is 7.99. The maximum Gasteiger partial charge on any atom is 0.116 e. The Morgan fingerprint density at radius 2 is 2.00 bits per heavy atom. The summed E-state index contributed by atoms with van der Waals surface area (Å²) < 4.78 is 0. The molecule has 0 N–H and O–H groups in total. The fraction of sp³-hybridized carbons (Fsp3) is 0.692. The Bertz CT molecular complexity index is 321. The first-order valence-corrected chi connectivity index (χ1v) is 7.96. The van der Waals surface area contributed by atoms with E-state index in [9.17, 15) is 0 Å². The van der Waals surface area contributed by atoms with Crippen LogP contribution in [-0.4, -0.2) is 21.5 Å². The Balaban J connectivity index is 1.94. The van der Waals surface area contributed by atoms with Gasteiger partial charge < -0.3 is 0 Å². The number of nitrogens with zero attached hydrogens (tertiary/aromatic N) is 2. The van der Waals surface area contributed by atoms with Crippen LogP contribution >= 0.6 is 24.4 Å². The third-order valence-corrected chi connectivity index (χ3v) is 5.55. The molecule has 1 aliphatic carbocycles. The number of thioether (sulfide) groups is 1. The predicted molar refractivity (Wildman–Crippen MR) is 76.7 cm³/mol. The van der Waals surface area contributed by atoms with E-state index >= 15 is 0 Å². The molecule has 0 spiro atoms. The Labute approximate surface area is 113 Å². The van der Waals surface area contributed by atoms with Crippen LogP contribution in [0.15, 0.2) is 23.6 Å². The van der Waals surface area contributed by atoms with Gasteiger partial charge in [0, 0.05) is 11.9 Å². The molecular formula is C13H20N2S2. The molecule has 0 amide bonds. The molecule has 0 aliphatic heterocycles. The van der Waals surface area contributed by atoms with Crippen molar-refractivity contribution in [3.05, 3.63) is 18.6 Å². The molecule has 0 aromatic carbocycles. The van der Waals surface area contributed by atoms with E-state index < -0.39 is 0 Å². The molecule has 2 rings (SSSR count). The molecule has 4 heteroatoms. The van der Waals surface area contributed by atoms with Crippen molar-refractivity contribution in [3.8, 4) is 0 Å². The maximum atomic E-state index is 4.60. The van der Waals surface area contributed by atoms with Crippen molar-refractivity contribution in [1.29, 1.82) is 0 Å². The average Bonchev–Trinajstić information content (AvgIpc) is 2.64. The summed E-state index contributed by atoms with van der Waals surface area (Å²) in [7, 11) is 0. The van der Waals surface area contributed by atoms with Crippen molar-refractivity contribution >= 4 is 24.4 Å². The lowest BCUT2D eigenvalue weighted by Gasteiger charge is -2.30. The summed E-state index contributed by atoms with van der Waals surface area (Å²) in [6.07, 6.45) is 11.6. The van der Waals surface area contributed by atoms with Crippen LogP contribution in [-0.2, 0) is 0 Å². The zero-order valence-electron chi connectivity index (χ0n) is 10.1. The van der Waals surface area contributed by atoms with E-state index in [0.717, 1.165) is 16.5 Å². The van der Waals surface area contributed by atoms with Crippen molar-refractivity contribution in [2.45, 2.75) is 43.6 Å². The molecule has 1 aromatic heterocycles. The quantitative estimate of drug-likeness (QED) is 0.389. The predicted octanol–water partition coefficient (Wildman–Crippen LogP) is 3.84. The first-order chi connectivity index (χ1) is 8.35. The molecule has 0 radical (unpaired) electrons. The minimum absolute atomic E-state index is 0.426. The van der Waals surface area contributed by atoms with E-state index in [0.29, 0.717) is 5.41 Å². The Morgan fingerprint density at radius 1 is 1.24 bits per heavy atom. The Morgan fingerprint density at radius 3 is 2.59 bits per heavy atom. The van der Waals surface area contributed by atoms with Crippen molar-refractivity contribution in [3.63, 3.8) is 0 Å². The van der Waals surface area contributed by atoms with Gasteiger partial charge in [-0.05, 0) is 30.1 Å². The lowest BCUT2D eigenvalue weighted by Crippen LogP contribution is -2.25. The van der Waals surface area contributed by atoms with E-state index in [1.54, 1.807) is 6.33 Å². The molecule has 0 bridgehead atoms. The minimum Gasteiger partial charge on any atom is -0.245 e.